The molecule has 0 aliphatic carbocycles. The van der Waals surface area contributed by atoms with Gasteiger partial charge in [-0.15, -0.1) is 0 Å². The largest absolute Gasteiger partial charge is 0.480 e. The number of aliphatic carboxylic acids is 3. The molecule has 0 saturated heterocycles. The third-order valence-electron chi connectivity index (χ3n) is 4.79. The lowest BCUT2D eigenvalue weighted by Crippen LogP contribution is -2.53. The molecule has 2 amide bonds. The van der Waals surface area contributed by atoms with Crippen LogP contribution in [0.3, 0.4) is 0 Å². The van der Waals surface area contributed by atoms with Crippen molar-refractivity contribution in [1.29, 1.82) is 0 Å². The quantitative estimate of drug-likeness (QED) is 0.0371. The molecule has 0 aromatic rings. The zero-order chi connectivity index (χ0) is 29.3. The van der Waals surface area contributed by atoms with Gasteiger partial charge in [0.25, 0.3) is 10.1 Å². The minimum absolute atomic E-state index is 0.0331. The van der Waals surface area contributed by atoms with E-state index in [4.69, 9.17) is 14.9 Å². The van der Waals surface area contributed by atoms with Crippen molar-refractivity contribution < 1.29 is 62.4 Å². The Morgan fingerprint density at radius 1 is 0.789 bits per heavy atom. The molecule has 0 saturated carbocycles. The normalized spacial score (nSPS) is 12.5. The summed E-state index contributed by atoms with van der Waals surface area (Å²) >= 11 is 0. The summed E-state index contributed by atoms with van der Waals surface area (Å²) in [5, 5.41) is 40.3. The Bertz CT molecular complexity index is 901. The summed E-state index contributed by atoms with van der Waals surface area (Å²) in [6, 6.07) is -1.64. The van der Waals surface area contributed by atoms with Crippen molar-refractivity contribution in [3.05, 3.63) is 0 Å². The van der Waals surface area contributed by atoms with Gasteiger partial charge in [-0.25, -0.2) is 4.89 Å². The van der Waals surface area contributed by atoms with Crippen LogP contribution in [0.4, 0.5) is 0 Å². The summed E-state index contributed by atoms with van der Waals surface area (Å²) in [7, 11) is -4.65. The minimum Gasteiger partial charge on any atom is -0.480 e. The molecule has 0 bridgehead atoms. The van der Waals surface area contributed by atoms with Gasteiger partial charge in [-0.2, -0.15) is 8.42 Å². The van der Waals surface area contributed by atoms with Gasteiger partial charge in [-0.05, 0) is 6.92 Å². The highest BCUT2D eigenvalue weighted by molar-refractivity contribution is 7.85. The average molecular weight is 574 g/mol. The predicted octanol–water partition coefficient (Wildman–Crippen LogP) is -3.86. The Kier molecular flexibility index (Phi) is 16.9. The van der Waals surface area contributed by atoms with Gasteiger partial charge in [0.15, 0.2) is 0 Å². The van der Waals surface area contributed by atoms with Crippen LogP contribution in [0.15, 0.2) is 0 Å². The topological polar surface area (TPSA) is 264 Å². The molecule has 7 N–H and O–H groups in total. The fraction of sp³-hybridized carbons (Fsp3) is 0.737. The number of carbonyl (C=O) groups excluding carboxylic acids is 2. The van der Waals surface area contributed by atoms with Gasteiger partial charge in [0.1, 0.15) is 11.8 Å². The van der Waals surface area contributed by atoms with Crippen LogP contribution in [0.25, 0.3) is 0 Å². The van der Waals surface area contributed by atoms with Gasteiger partial charge >= 0.3 is 17.9 Å². The van der Waals surface area contributed by atoms with Crippen LogP contribution in [0, 0.1) is 0 Å². The highest BCUT2D eigenvalue weighted by Gasteiger charge is 2.27. The smallest absolute Gasteiger partial charge is 0.317 e. The molecule has 38 heavy (non-hydrogen) atoms. The second-order valence-corrected chi connectivity index (χ2v) is 9.54. The first-order valence-corrected chi connectivity index (χ1v) is 12.9. The second-order valence-electron chi connectivity index (χ2n) is 8.04. The molecule has 0 rings (SSSR count). The Morgan fingerprint density at radius 2 is 1.24 bits per heavy atom. The summed E-state index contributed by atoms with van der Waals surface area (Å²) in [4.78, 5) is 65.9. The van der Waals surface area contributed by atoms with E-state index < -0.39 is 77.8 Å². The van der Waals surface area contributed by atoms with Gasteiger partial charge in [0, 0.05) is 39.3 Å². The van der Waals surface area contributed by atoms with E-state index in [-0.39, 0.29) is 45.9 Å². The van der Waals surface area contributed by atoms with Crippen LogP contribution in [0.5, 0.6) is 0 Å². The Morgan fingerprint density at radius 3 is 1.66 bits per heavy atom. The first-order valence-electron chi connectivity index (χ1n) is 11.3. The highest BCUT2D eigenvalue weighted by atomic mass is 32.2. The van der Waals surface area contributed by atoms with E-state index in [2.05, 4.69) is 15.5 Å². The van der Waals surface area contributed by atoms with E-state index in [1.54, 1.807) is 6.92 Å². The Balaban J connectivity index is 5.34. The standard InChI is InChI=1S/C19H35N5O13S/c1-2-20-19(32)14(13-38(34,35)36)21-15(25)9-24(12-18(30)31)6-5-22(10-16(26)27)3-4-23(7-8-37-33)11-17(28)29/h14,33H,2-13H2,1H3,(H,20,32)(H,21,25)(H,26,27)(H,28,29)(H,30,31)(H,34,35,36)/t14-/m1/s1. The Hall–Kier alpha value is -2.94. The molecule has 0 unspecified atom stereocenters. The van der Waals surface area contributed by atoms with Crippen molar-refractivity contribution in [3.63, 3.8) is 0 Å². The first-order chi connectivity index (χ1) is 17.7. The number of likely N-dealkylation sites (N-methyl/N-ethyl adjacent to an activating group) is 1. The number of carboxylic acid groups (broad SMARTS) is 3. The summed E-state index contributed by atoms with van der Waals surface area (Å²) < 4.78 is 31.5. The molecule has 0 aliphatic rings. The number of hydrogen-bond acceptors (Lipinski definition) is 12. The first kappa shape index (κ1) is 35.1. The molecular formula is C19H35N5O13S. The molecular weight excluding hydrogens is 538 g/mol. The maximum absolute atomic E-state index is 12.5. The molecule has 0 heterocycles. The van der Waals surface area contributed by atoms with Gasteiger partial charge in [0.2, 0.25) is 11.8 Å². The Labute approximate surface area is 218 Å². The van der Waals surface area contributed by atoms with Gasteiger partial charge in [0.05, 0.1) is 32.8 Å². The molecule has 0 aliphatic heterocycles. The van der Waals surface area contributed by atoms with Gasteiger partial charge in [-0.3, -0.25) is 48.5 Å². The number of amides is 2. The van der Waals surface area contributed by atoms with Gasteiger partial charge < -0.3 is 26.0 Å². The van der Waals surface area contributed by atoms with Crippen LogP contribution >= 0.6 is 0 Å². The number of rotatable bonds is 22. The predicted molar refractivity (Wildman–Crippen MR) is 128 cm³/mol. The number of nitrogens with one attached hydrogen (secondary N) is 2. The number of carboxylic acids is 3. The number of nitrogens with zero attached hydrogens (tertiary/aromatic N) is 3. The van der Waals surface area contributed by atoms with E-state index in [0.717, 1.165) is 4.90 Å². The molecule has 1 atom stereocenters. The second kappa shape index (κ2) is 18.3. The van der Waals surface area contributed by atoms with Gasteiger partial charge in [-0.1, -0.05) is 0 Å². The molecule has 0 fully saturated rings. The number of carbonyl (C=O) groups is 5. The third-order valence-corrected chi connectivity index (χ3v) is 5.54. The average Bonchev–Trinajstić information content (AvgIpc) is 2.76. The molecule has 0 aromatic heterocycles. The van der Waals surface area contributed by atoms with Crippen molar-refractivity contribution in [1.82, 2.24) is 25.3 Å². The summed E-state index contributed by atoms with van der Waals surface area (Å²) in [5.74, 6) is -6.61. The third kappa shape index (κ3) is 18.3. The number of hydrogen-bond donors (Lipinski definition) is 7. The lowest BCUT2D eigenvalue weighted by atomic mass is 10.3. The fourth-order valence-corrected chi connectivity index (χ4v) is 3.85. The van der Waals surface area contributed by atoms with Crippen molar-refractivity contribution in [2.24, 2.45) is 0 Å². The molecule has 0 spiro atoms. The lowest BCUT2D eigenvalue weighted by molar-refractivity contribution is -0.244. The van der Waals surface area contributed by atoms with Crippen LogP contribution in [-0.2, 0) is 39.0 Å². The van der Waals surface area contributed by atoms with E-state index in [9.17, 15) is 42.6 Å². The van der Waals surface area contributed by atoms with Crippen molar-refractivity contribution in [2.75, 3.05) is 77.8 Å². The molecule has 18 nitrogen and oxygen atoms in total. The van der Waals surface area contributed by atoms with E-state index >= 15 is 0 Å². The highest BCUT2D eigenvalue weighted by Crippen LogP contribution is 1.99. The van der Waals surface area contributed by atoms with E-state index in [1.807, 2.05) is 0 Å². The van der Waals surface area contributed by atoms with E-state index in [0.29, 0.717) is 0 Å². The van der Waals surface area contributed by atoms with Crippen LogP contribution in [0.1, 0.15) is 6.92 Å². The van der Waals surface area contributed by atoms with Crippen molar-refractivity contribution in [2.45, 2.75) is 13.0 Å². The maximum Gasteiger partial charge on any atom is 0.317 e. The summed E-state index contributed by atoms with van der Waals surface area (Å²) in [5.41, 5.74) is 0. The molecule has 0 radical (unpaired) electrons. The molecule has 19 heteroatoms. The van der Waals surface area contributed by atoms with E-state index in [1.165, 1.54) is 9.80 Å². The van der Waals surface area contributed by atoms with Crippen LogP contribution in [0.2, 0.25) is 0 Å². The van der Waals surface area contributed by atoms with Crippen LogP contribution < -0.4 is 10.6 Å². The fourth-order valence-electron chi connectivity index (χ4n) is 3.20. The zero-order valence-electron chi connectivity index (χ0n) is 20.8. The maximum atomic E-state index is 12.5. The lowest BCUT2D eigenvalue weighted by Gasteiger charge is -2.28. The minimum atomic E-state index is -4.65. The summed E-state index contributed by atoms with van der Waals surface area (Å²) in [6.07, 6.45) is 0. The summed E-state index contributed by atoms with van der Waals surface area (Å²) in [6.45, 7) is -0.771. The zero-order valence-corrected chi connectivity index (χ0v) is 21.6. The van der Waals surface area contributed by atoms with Crippen molar-refractivity contribution in [3.8, 4) is 0 Å². The monoisotopic (exact) mass is 573 g/mol. The molecule has 0 aromatic carbocycles. The van der Waals surface area contributed by atoms with Crippen molar-refractivity contribution >= 4 is 39.8 Å². The van der Waals surface area contributed by atoms with Crippen LogP contribution in [-0.4, -0.2) is 162 Å². The molecule has 220 valence electrons. The SMILES string of the molecule is CCNC(=O)[C@@H](CS(=O)(=O)O)NC(=O)CN(CCN(CCN(CCOO)CC(=O)O)CC(=O)O)CC(=O)O.